The van der Waals surface area contributed by atoms with Crippen LogP contribution in [0.4, 0.5) is 0 Å². The van der Waals surface area contributed by atoms with Crippen LogP contribution < -0.4 is 10.6 Å². The highest BCUT2D eigenvalue weighted by molar-refractivity contribution is 7.80. The Labute approximate surface area is 109 Å². The molecule has 0 saturated carbocycles. The fraction of sp³-hybridized carbons (Fsp3) is 0. The molecular weight excluding hydrogens is 246 g/mol. The van der Waals surface area contributed by atoms with Crippen molar-refractivity contribution in [2.24, 2.45) is 0 Å². The summed E-state index contributed by atoms with van der Waals surface area (Å²) in [4.78, 5) is 15.9. The summed E-state index contributed by atoms with van der Waals surface area (Å²) in [7, 11) is 0. The smallest absolute Gasteiger partial charge is 0.273 e. The SMILES string of the molecule is O=C1NC(=S)N/C1=C\c1ccnc2ccccc12. The fourth-order valence-corrected chi connectivity index (χ4v) is 2.08. The molecule has 0 atom stereocenters. The molecule has 1 aromatic carbocycles. The maximum atomic E-state index is 11.6. The van der Waals surface area contributed by atoms with E-state index in [9.17, 15) is 4.79 Å². The van der Waals surface area contributed by atoms with E-state index in [0.29, 0.717) is 10.8 Å². The molecule has 0 radical (unpaired) electrons. The summed E-state index contributed by atoms with van der Waals surface area (Å²) in [5.74, 6) is -0.208. The van der Waals surface area contributed by atoms with Gasteiger partial charge in [-0.25, -0.2) is 0 Å². The van der Waals surface area contributed by atoms with Crippen LogP contribution in [0.5, 0.6) is 0 Å². The third-order valence-corrected chi connectivity index (χ3v) is 2.91. The van der Waals surface area contributed by atoms with E-state index in [-0.39, 0.29) is 5.91 Å². The molecule has 2 aromatic rings. The van der Waals surface area contributed by atoms with Crippen LogP contribution in [0.2, 0.25) is 0 Å². The second-order valence-corrected chi connectivity index (χ2v) is 4.29. The van der Waals surface area contributed by atoms with E-state index in [1.807, 2.05) is 30.3 Å². The third kappa shape index (κ3) is 1.84. The molecule has 0 aliphatic carbocycles. The lowest BCUT2D eigenvalue weighted by Gasteiger charge is -2.02. The largest absolute Gasteiger partial charge is 0.328 e. The molecule has 2 heterocycles. The van der Waals surface area contributed by atoms with Crippen molar-refractivity contribution in [2.45, 2.75) is 0 Å². The van der Waals surface area contributed by atoms with Gasteiger partial charge in [-0.1, -0.05) is 18.2 Å². The highest BCUT2D eigenvalue weighted by atomic mass is 32.1. The van der Waals surface area contributed by atoms with Gasteiger partial charge in [0.25, 0.3) is 5.91 Å². The molecule has 1 aliphatic heterocycles. The van der Waals surface area contributed by atoms with Gasteiger partial charge in [0.15, 0.2) is 5.11 Å². The van der Waals surface area contributed by atoms with E-state index in [4.69, 9.17) is 12.2 Å². The number of aromatic nitrogens is 1. The first-order chi connectivity index (χ1) is 8.74. The lowest BCUT2D eigenvalue weighted by atomic mass is 10.1. The van der Waals surface area contributed by atoms with Crippen LogP contribution in [-0.2, 0) is 4.79 Å². The molecule has 1 amide bonds. The van der Waals surface area contributed by atoms with Crippen LogP contribution in [0.25, 0.3) is 17.0 Å². The van der Waals surface area contributed by atoms with Crippen LogP contribution in [0.3, 0.4) is 0 Å². The van der Waals surface area contributed by atoms with Crippen LogP contribution >= 0.6 is 12.2 Å². The minimum absolute atomic E-state index is 0.208. The first-order valence-electron chi connectivity index (χ1n) is 5.42. The van der Waals surface area contributed by atoms with Crippen molar-refractivity contribution in [1.29, 1.82) is 0 Å². The first kappa shape index (κ1) is 10.9. The molecule has 0 unspecified atom stereocenters. The molecule has 4 nitrogen and oxygen atoms in total. The topological polar surface area (TPSA) is 54.0 Å². The maximum Gasteiger partial charge on any atom is 0.273 e. The number of hydrogen-bond acceptors (Lipinski definition) is 3. The summed E-state index contributed by atoms with van der Waals surface area (Å²) >= 11 is 4.89. The minimum atomic E-state index is -0.208. The van der Waals surface area contributed by atoms with E-state index in [1.54, 1.807) is 12.3 Å². The Balaban J connectivity index is 2.13. The standard InChI is InChI=1S/C13H9N3OS/c17-12-11(15-13(18)16-12)7-8-5-6-14-10-4-2-1-3-9(8)10/h1-7H,(H2,15,16,17,18)/b11-7-. The van der Waals surface area contributed by atoms with E-state index in [1.165, 1.54) is 0 Å². The lowest BCUT2D eigenvalue weighted by molar-refractivity contribution is -0.115. The van der Waals surface area contributed by atoms with Crippen molar-refractivity contribution in [3.63, 3.8) is 0 Å². The quantitative estimate of drug-likeness (QED) is 0.600. The van der Waals surface area contributed by atoms with Gasteiger partial charge in [0.1, 0.15) is 5.70 Å². The molecule has 3 rings (SSSR count). The summed E-state index contributed by atoms with van der Waals surface area (Å²) in [5, 5.41) is 6.70. The Kier molecular flexibility index (Phi) is 2.53. The number of hydrogen-bond donors (Lipinski definition) is 2. The van der Waals surface area contributed by atoms with Crippen molar-refractivity contribution in [3.8, 4) is 0 Å². The second-order valence-electron chi connectivity index (χ2n) is 3.88. The Morgan fingerprint density at radius 1 is 1.17 bits per heavy atom. The predicted molar refractivity (Wildman–Crippen MR) is 73.6 cm³/mol. The Morgan fingerprint density at radius 2 is 2.00 bits per heavy atom. The molecule has 18 heavy (non-hydrogen) atoms. The predicted octanol–water partition coefficient (Wildman–Crippen LogP) is 1.58. The number of carbonyl (C=O) groups excluding carboxylic acids is 1. The molecule has 0 spiro atoms. The molecule has 1 saturated heterocycles. The summed E-state index contributed by atoms with van der Waals surface area (Å²) in [5.41, 5.74) is 2.28. The number of benzene rings is 1. The van der Waals surface area contributed by atoms with Crippen molar-refractivity contribution in [1.82, 2.24) is 15.6 Å². The zero-order valence-corrected chi connectivity index (χ0v) is 10.1. The minimum Gasteiger partial charge on any atom is -0.328 e. The zero-order chi connectivity index (χ0) is 12.5. The van der Waals surface area contributed by atoms with Gasteiger partial charge in [0.2, 0.25) is 0 Å². The van der Waals surface area contributed by atoms with Crippen molar-refractivity contribution in [3.05, 3.63) is 47.8 Å². The molecule has 1 aliphatic rings. The average molecular weight is 255 g/mol. The first-order valence-corrected chi connectivity index (χ1v) is 5.83. The molecule has 2 N–H and O–H groups in total. The second kappa shape index (κ2) is 4.19. The molecule has 1 aromatic heterocycles. The highest BCUT2D eigenvalue weighted by Gasteiger charge is 2.20. The number of para-hydroxylation sites is 1. The number of nitrogens with zero attached hydrogens (tertiary/aromatic N) is 1. The summed E-state index contributed by atoms with van der Waals surface area (Å²) in [6.45, 7) is 0. The summed E-state index contributed by atoms with van der Waals surface area (Å²) in [6, 6.07) is 9.65. The molecule has 5 heteroatoms. The molecular formula is C13H9N3OS. The van der Waals surface area contributed by atoms with E-state index in [0.717, 1.165) is 16.5 Å². The van der Waals surface area contributed by atoms with E-state index >= 15 is 0 Å². The third-order valence-electron chi connectivity index (χ3n) is 2.70. The molecule has 0 bridgehead atoms. The van der Waals surface area contributed by atoms with Gasteiger partial charge in [-0.3, -0.25) is 15.1 Å². The summed E-state index contributed by atoms with van der Waals surface area (Å²) in [6.07, 6.45) is 3.50. The van der Waals surface area contributed by atoms with Crippen LogP contribution in [-0.4, -0.2) is 16.0 Å². The van der Waals surface area contributed by atoms with E-state index in [2.05, 4.69) is 15.6 Å². The van der Waals surface area contributed by atoms with Crippen LogP contribution in [0, 0.1) is 0 Å². The lowest BCUT2D eigenvalue weighted by Crippen LogP contribution is -2.21. The Bertz CT molecular complexity index is 688. The van der Waals surface area contributed by atoms with Gasteiger partial charge in [-0.2, -0.15) is 0 Å². The normalized spacial score (nSPS) is 17.0. The van der Waals surface area contributed by atoms with E-state index < -0.39 is 0 Å². The Morgan fingerprint density at radius 3 is 2.78 bits per heavy atom. The molecule has 88 valence electrons. The average Bonchev–Trinajstić information content (AvgIpc) is 2.68. The monoisotopic (exact) mass is 255 g/mol. The van der Waals surface area contributed by atoms with Gasteiger partial charge < -0.3 is 5.32 Å². The van der Waals surface area contributed by atoms with Crippen LogP contribution in [0.15, 0.2) is 42.2 Å². The number of amides is 1. The summed E-state index contributed by atoms with van der Waals surface area (Å²) < 4.78 is 0. The highest BCUT2D eigenvalue weighted by Crippen LogP contribution is 2.19. The number of pyridine rings is 1. The fourth-order valence-electron chi connectivity index (χ4n) is 1.88. The van der Waals surface area contributed by atoms with Gasteiger partial charge in [-0.15, -0.1) is 0 Å². The Hall–Kier alpha value is -2.27. The number of thiocarbonyl (C=S) groups is 1. The number of carbonyl (C=O) groups is 1. The van der Waals surface area contributed by atoms with Gasteiger partial charge in [0.05, 0.1) is 5.52 Å². The zero-order valence-electron chi connectivity index (χ0n) is 9.31. The van der Waals surface area contributed by atoms with Crippen molar-refractivity contribution >= 4 is 40.2 Å². The number of fused-ring (bicyclic) bond motifs is 1. The van der Waals surface area contributed by atoms with Gasteiger partial charge in [-0.05, 0) is 36.0 Å². The van der Waals surface area contributed by atoms with Crippen LogP contribution in [0.1, 0.15) is 5.56 Å². The molecule has 1 fully saturated rings. The number of nitrogens with one attached hydrogen (secondary N) is 2. The van der Waals surface area contributed by atoms with Crippen molar-refractivity contribution < 1.29 is 4.79 Å². The van der Waals surface area contributed by atoms with Gasteiger partial charge >= 0.3 is 0 Å². The number of rotatable bonds is 1. The maximum absolute atomic E-state index is 11.6. The van der Waals surface area contributed by atoms with Gasteiger partial charge in [0, 0.05) is 11.6 Å². The van der Waals surface area contributed by atoms with Crippen molar-refractivity contribution in [2.75, 3.05) is 0 Å².